The van der Waals surface area contributed by atoms with Crippen LogP contribution in [0.1, 0.15) is 116 Å². The Labute approximate surface area is 517 Å². The molecule has 1 aliphatic rings. The summed E-state index contributed by atoms with van der Waals surface area (Å²) in [5.41, 5.74) is 13.9. The van der Waals surface area contributed by atoms with Gasteiger partial charge in [-0.3, -0.25) is 24.7 Å². The molecule has 89 heavy (non-hydrogen) atoms. The number of amides is 3. The van der Waals surface area contributed by atoms with Crippen molar-refractivity contribution < 1.29 is 34.1 Å². The first kappa shape index (κ1) is 62.6. The summed E-state index contributed by atoms with van der Waals surface area (Å²) in [4.78, 5) is 66.5. The van der Waals surface area contributed by atoms with Gasteiger partial charge >= 0.3 is 6.09 Å². The second-order valence-corrected chi connectivity index (χ2v) is 22.9. The largest absolute Gasteiger partial charge is 0.444 e. The van der Waals surface area contributed by atoms with Crippen molar-refractivity contribution in [1.29, 1.82) is 0 Å². The molecule has 0 bridgehead atoms. The highest BCUT2D eigenvalue weighted by atomic mass is 16.6. The molecule has 3 amide bonds. The van der Waals surface area contributed by atoms with Crippen LogP contribution >= 0.6 is 0 Å². The van der Waals surface area contributed by atoms with E-state index >= 15 is 0 Å². The first-order valence-electron chi connectivity index (χ1n) is 30.5. The Hall–Kier alpha value is -9.41. The number of carbonyl (C=O) groups is 3. The van der Waals surface area contributed by atoms with Crippen molar-refractivity contribution in [3.8, 4) is 67.8 Å². The lowest BCUT2D eigenvalue weighted by Gasteiger charge is -2.27. The summed E-state index contributed by atoms with van der Waals surface area (Å²) in [6.45, 7) is 17.6. The number of rotatable bonds is 21. The highest BCUT2D eigenvalue weighted by molar-refractivity contribution is 6.02. The van der Waals surface area contributed by atoms with Crippen LogP contribution < -0.4 is 16.0 Å². The highest BCUT2D eigenvalue weighted by Crippen LogP contribution is 2.38. The van der Waals surface area contributed by atoms with Crippen LogP contribution in [0.4, 0.5) is 4.79 Å². The van der Waals surface area contributed by atoms with E-state index < -0.39 is 5.60 Å². The third-order valence-electron chi connectivity index (χ3n) is 15.6. The number of aliphatic hydroxyl groups excluding tert-OH is 2. The minimum Gasteiger partial charge on any atom is -0.444 e. The van der Waals surface area contributed by atoms with E-state index in [1.54, 1.807) is 11.1 Å². The molecular formula is C68H78N14O7. The third kappa shape index (κ3) is 14.5. The van der Waals surface area contributed by atoms with Crippen LogP contribution in [0.15, 0.2) is 122 Å². The average molecular weight is 1200 g/mol. The molecule has 10 aromatic rings. The molecule has 1 aliphatic heterocycles. The number of aliphatic hydroxyl groups is 2. The van der Waals surface area contributed by atoms with Crippen LogP contribution in [0.3, 0.4) is 0 Å². The van der Waals surface area contributed by atoms with Crippen LogP contribution in [0, 0.1) is 13.8 Å². The lowest BCUT2D eigenvalue weighted by Crippen LogP contribution is -2.36. The van der Waals surface area contributed by atoms with Gasteiger partial charge in [0.1, 0.15) is 39.8 Å². The first-order chi connectivity index (χ1) is 43.2. The van der Waals surface area contributed by atoms with Crippen molar-refractivity contribution in [3.05, 3.63) is 155 Å². The number of imidazole rings is 2. The molecule has 0 spiro atoms. The van der Waals surface area contributed by atoms with Gasteiger partial charge in [-0.05, 0) is 138 Å². The number of fused-ring (bicyclic) bond motifs is 2. The molecule has 1 fully saturated rings. The Kier molecular flexibility index (Phi) is 20.1. The van der Waals surface area contributed by atoms with Gasteiger partial charge in [-0.1, -0.05) is 79.7 Å². The molecule has 1 unspecified atom stereocenters. The molecule has 7 heterocycles. The van der Waals surface area contributed by atoms with Crippen molar-refractivity contribution in [2.45, 2.75) is 105 Å². The van der Waals surface area contributed by atoms with Crippen molar-refractivity contribution in [2.75, 3.05) is 46.0 Å². The molecule has 0 radical (unpaired) electrons. The Morgan fingerprint density at radius 1 is 0.697 bits per heavy atom. The molecule has 0 saturated carbocycles. The fraction of sp³-hybridized carbons (Fsp3) is 0.338. The number of hydrogen-bond acceptors (Lipinski definition) is 14. The molecule has 8 N–H and O–H groups in total. The van der Waals surface area contributed by atoms with E-state index in [4.69, 9.17) is 29.6 Å². The van der Waals surface area contributed by atoms with E-state index in [1.807, 2.05) is 131 Å². The first-order valence-corrected chi connectivity index (χ1v) is 30.5. The van der Waals surface area contributed by atoms with E-state index in [9.17, 15) is 19.5 Å². The van der Waals surface area contributed by atoms with Crippen LogP contribution in [-0.2, 0) is 22.6 Å². The smallest absolute Gasteiger partial charge is 0.410 e. The fourth-order valence-electron chi connectivity index (χ4n) is 10.8. The van der Waals surface area contributed by atoms with Gasteiger partial charge in [0.25, 0.3) is 11.8 Å². The standard InChI is InChI=1S/C39H47N7O5.C29H31N7O2/c1-6-45(38(49)51-39(3,4)5)24-28-22-40-23-30(25(28)2)27-16-17-31-29(21-27)34(44-46(31)32-15-10-11-20-50-32)36-42-33(26-13-8-7-9-14-26)35(43-36)37(48)41-18-12-19-47;1-3-30-15-21-16-31-17-23(18(21)2)20-10-11-24-22(14-20)26(36-35-24)28-33-25(19-8-5-4-6-9-19)27(34-28)29(38)32-12-7-13-37/h7-9,13-14,16-17,21-23,32,47H,6,10-12,15,18-20,24H2,1-5H3,(H,41,48)(H,42,43);4-6,8-11,14,16-17,30,37H,3,7,12-13,15H2,1-2H3,(H,32,38)(H,33,34)(H,35,36). The fourth-order valence-corrected chi connectivity index (χ4v) is 10.8. The zero-order valence-corrected chi connectivity index (χ0v) is 51.5. The van der Waals surface area contributed by atoms with E-state index in [0.717, 1.165) is 104 Å². The number of ether oxygens (including phenoxy) is 2. The van der Waals surface area contributed by atoms with Gasteiger partial charge in [0.05, 0.1) is 17.6 Å². The summed E-state index contributed by atoms with van der Waals surface area (Å²) in [5.74, 6) is 0.357. The Morgan fingerprint density at radius 2 is 1.27 bits per heavy atom. The number of pyridine rings is 2. The number of aromatic nitrogens is 10. The molecule has 21 nitrogen and oxygen atoms in total. The predicted octanol–water partition coefficient (Wildman–Crippen LogP) is 11.2. The maximum absolute atomic E-state index is 13.4. The number of benzene rings is 4. The zero-order chi connectivity index (χ0) is 62.6. The average Bonchev–Trinajstić information content (AvgIpc) is 1.97. The Bertz CT molecular complexity index is 4070. The lowest BCUT2D eigenvalue weighted by molar-refractivity contribution is -0.0365. The number of aromatic amines is 3. The summed E-state index contributed by atoms with van der Waals surface area (Å²) >= 11 is 0. The lowest BCUT2D eigenvalue weighted by atomic mass is 9.97. The molecule has 0 aliphatic carbocycles. The van der Waals surface area contributed by atoms with Crippen molar-refractivity contribution in [2.24, 2.45) is 0 Å². The summed E-state index contributed by atoms with van der Waals surface area (Å²) in [7, 11) is 0. The van der Waals surface area contributed by atoms with Crippen molar-refractivity contribution in [3.63, 3.8) is 0 Å². The molecule has 21 heteroatoms. The Balaban J connectivity index is 0.000000205. The Morgan fingerprint density at radius 3 is 1.83 bits per heavy atom. The minimum absolute atomic E-state index is 0.00859. The second kappa shape index (κ2) is 28.6. The summed E-state index contributed by atoms with van der Waals surface area (Å²) in [6, 6.07) is 31.5. The van der Waals surface area contributed by atoms with Gasteiger partial charge < -0.3 is 50.5 Å². The predicted molar refractivity (Wildman–Crippen MR) is 344 cm³/mol. The number of nitrogens with one attached hydrogen (secondary N) is 6. The molecule has 11 rings (SSSR count). The molecule has 1 atom stereocenters. The minimum atomic E-state index is -0.597. The number of hydrogen-bond donors (Lipinski definition) is 8. The maximum Gasteiger partial charge on any atom is 0.410 e. The van der Waals surface area contributed by atoms with Crippen LogP contribution in [0.25, 0.3) is 89.6 Å². The van der Waals surface area contributed by atoms with Gasteiger partial charge in [0, 0.05) is 104 Å². The SMILES string of the molecule is CCN(Cc1cncc(-c2ccc3c(c2)c(-c2nc(-c4ccccc4)c(C(=O)NCCCO)[nH]2)nn3C2CCCCO2)c1C)C(=O)OC(C)(C)C.CCNCc1cncc(-c2ccc3[nH]nc(-c4nc(-c5ccccc5)c(C(=O)NCCCO)[nH]4)c3c2)c1C. The van der Waals surface area contributed by atoms with Crippen LogP contribution in [0.2, 0.25) is 0 Å². The third-order valence-corrected chi connectivity index (χ3v) is 15.6. The van der Waals surface area contributed by atoms with Gasteiger partial charge in [0.15, 0.2) is 17.9 Å². The van der Waals surface area contributed by atoms with Crippen LogP contribution in [-0.4, -0.2) is 135 Å². The molecule has 6 aromatic heterocycles. The monoisotopic (exact) mass is 1200 g/mol. The number of nitrogens with zero attached hydrogens (tertiary/aromatic N) is 8. The summed E-state index contributed by atoms with van der Waals surface area (Å²) in [6.07, 6.45) is 10.6. The quantitative estimate of drug-likeness (QED) is 0.0311. The molecule has 4 aromatic carbocycles. The molecule has 462 valence electrons. The topological polar surface area (TPSA) is 279 Å². The highest BCUT2D eigenvalue weighted by Gasteiger charge is 2.28. The van der Waals surface area contributed by atoms with Gasteiger partial charge in [-0.25, -0.2) is 19.4 Å². The van der Waals surface area contributed by atoms with Crippen molar-refractivity contribution >= 4 is 39.7 Å². The van der Waals surface area contributed by atoms with E-state index in [0.29, 0.717) is 91.4 Å². The summed E-state index contributed by atoms with van der Waals surface area (Å²) < 4.78 is 13.8. The maximum atomic E-state index is 13.4. The van der Waals surface area contributed by atoms with Gasteiger partial charge in [0.2, 0.25) is 0 Å². The van der Waals surface area contributed by atoms with Crippen molar-refractivity contribution in [1.82, 2.24) is 70.7 Å². The number of H-pyrrole nitrogens is 3. The second-order valence-electron chi connectivity index (χ2n) is 22.9. The summed E-state index contributed by atoms with van der Waals surface area (Å²) in [5, 5.41) is 42.0. The van der Waals surface area contributed by atoms with Gasteiger partial charge in [-0.15, -0.1) is 0 Å². The number of carbonyl (C=O) groups excluding carboxylic acids is 3. The zero-order valence-electron chi connectivity index (χ0n) is 51.5. The molecular weight excluding hydrogens is 1120 g/mol. The van der Waals surface area contributed by atoms with E-state index in [1.165, 1.54) is 5.56 Å². The van der Waals surface area contributed by atoms with E-state index in [2.05, 4.69) is 84.2 Å². The normalized spacial score (nSPS) is 13.3. The van der Waals surface area contributed by atoms with Gasteiger partial charge in [-0.2, -0.15) is 10.2 Å². The molecule has 1 saturated heterocycles. The van der Waals surface area contributed by atoms with E-state index in [-0.39, 0.29) is 37.3 Å². The van der Waals surface area contributed by atoms with Crippen LogP contribution in [0.5, 0.6) is 0 Å².